The van der Waals surface area contributed by atoms with E-state index < -0.39 is 0 Å². The predicted octanol–water partition coefficient (Wildman–Crippen LogP) is 0.923. The summed E-state index contributed by atoms with van der Waals surface area (Å²) in [5.74, 6) is 0. The first-order chi connectivity index (χ1) is 5.29. The third-order valence-corrected chi connectivity index (χ3v) is 2.39. The van der Waals surface area contributed by atoms with E-state index in [0.717, 1.165) is 11.0 Å². The van der Waals surface area contributed by atoms with Crippen LogP contribution in [0.1, 0.15) is 0 Å². The maximum Gasteiger partial charge on any atom is 0.335 e. The van der Waals surface area contributed by atoms with Gasteiger partial charge in [-0.1, -0.05) is 0 Å². The van der Waals surface area contributed by atoms with Crippen LogP contribution in [-0.4, -0.2) is 12.7 Å². The summed E-state index contributed by atoms with van der Waals surface area (Å²) in [4.78, 5) is 17.6. The van der Waals surface area contributed by atoms with Gasteiger partial charge in [-0.3, -0.25) is 4.98 Å². The first kappa shape index (κ1) is 6.84. The zero-order chi connectivity index (χ0) is 7.84. The van der Waals surface area contributed by atoms with E-state index in [-0.39, 0.29) is 5.69 Å². The van der Waals surface area contributed by atoms with E-state index in [9.17, 15) is 4.79 Å². The van der Waals surface area contributed by atoms with Gasteiger partial charge in [-0.05, 0) is 6.07 Å². The quantitative estimate of drug-likeness (QED) is 0.717. The van der Waals surface area contributed by atoms with Gasteiger partial charge in [-0.2, -0.15) is 0 Å². The first-order valence-electron chi connectivity index (χ1n) is 3.00. The molecule has 4 nitrogen and oxygen atoms in total. The summed E-state index contributed by atoms with van der Waals surface area (Å²) in [5, 5.41) is 0. The normalized spacial score (nSPS) is 10.6. The van der Waals surface area contributed by atoms with E-state index in [1.54, 1.807) is 18.5 Å². The topological polar surface area (TPSA) is 50.7 Å². The Balaban J connectivity index is 3.04. The fourth-order valence-corrected chi connectivity index (χ4v) is 1.43. The van der Waals surface area contributed by atoms with Crippen molar-refractivity contribution in [3.8, 4) is 0 Å². The Bertz CT molecular complexity index is 444. The fraction of sp³-hybridized carbons (Fsp3) is 0. The molecule has 2 heterocycles. The lowest BCUT2D eigenvalue weighted by Gasteiger charge is -1.86. The zero-order valence-electron chi connectivity index (χ0n) is 5.41. The Morgan fingerprint density at radius 3 is 3.18 bits per heavy atom. The zero-order valence-corrected chi connectivity index (χ0v) is 7.57. The van der Waals surface area contributed by atoms with Gasteiger partial charge in [-0.15, -0.1) is 0 Å². The Hall–Kier alpha value is -0.850. The van der Waals surface area contributed by atoms with Crippen molar-refractivity contribution < 1.29 is 0 Å². The van der Waals surface area contributed by atoms with Crippen LogP contribution in [-0.2, 0) is 0 Å². The molecule has 0 amide bonds. The summed E-state index contributed by atoms with van der Waals surface area (Å²) in [6, 6.07) is 1.77. The van der Waals surface area contributed by atoms with Gasteiger partial charge in [0.25, 0.3) is 0 Å². The monoisotopic (exact) mass is 261 g/mol. The third kappa shape index (κ3) is 0.953. The van der Waals surface area contributed by atoms with Crippen molar-refractivity contribution in [2.75, 3.05) is 0 Å². The maximum atomic E-state index is 11.0. The molecule has 0 saturated carbocycles. The molecule has 2 aromatic heterocycles. The number of pyridine rings is 1. The van der Waals surface area contributed by atoms with Crippen LogP contribution in [0.2, 0.25) is 0 Å². The van der Waals surface area contributed by atoms with Crippen LogP contribution in [0.3, 0.4) is 0 Å². The van der Waals surface area contributed by atoms with Crippen molar-refractivity contribution in [3.63, 3.8) is 0 Å². The summed E-state index contributed by atoms with van der Waals surface area (Å²) >= 11 is 1.93. The summed E-state index contributed by atoms with van der Waals surface area (Å²) in [5.41, 5.74) is 1.52. The van der Waals surface area contributed by atoms with Gasteiger partial charge in [0.15, 0.2) is 0 Å². The molecule has 0 saturated heterocycles. The maximum absolute atomic E-state index is 11.0. The number of hydrogen-bond acceptors (Lipinski definition) is 2. The fourth-order valence-electron chi connectivity index (χ4n) is 0.922. The largest absolute Gasteiger partial charge is 0.335 e. The van der Waals surface area contributed by atoms with Crippen LogP contribution >= 0.6 is 22.9 Å². The van der Waals surface area contributed by atoms with Crippen LogP contribution in [0.15, 0.2) is 23.3 Å². The molecule has 0 atom stereocenters. The molecule has 2 rings (SSSR count). The number of rotatable bonds is 0. The molecule has 11 heavy (non-hydrogen) atoms. The van der Waals surface area contributed by atoms with Gasteiger partial charge < -0.3 is 4.98 Å². The van der Waals surface area contributed by atoms with Crippen LogP contribution < -0.4 is 5.69 Å². The van der Waals surface area contributed by atoms with E-state index in [1.807, 2.05) is 22.9 Å². The van der Waals surface area contributed by atoms with E-state index in [0.29, 0.717) is 0 Å². The van der Waals surface area contributed by atoms with Crippen molar-refractivity contribution in [2.24, 2.45) is 0 Å². The first-order valence-corrected chi connectivity index (χ1v) is 3.96. The van der Waals surface area contributed by atoms with Crippen LogP contribution in [0.5, 0.6) is 0 Å². The van der Waals surface area contributed by atoms with E-state index in [4.69, 9.17) is 0 Å². The molecule has 56 valence electrons. The van der Waals surface area contributed by atoms with Gasteiger partial charge in [0.05, 0.1) is 40.1 Å². The summed E-state index contributed by atoms with van der Waals surface area (Å²) in [7, 11) is 0. The highest BCUT2D eigenvalue weighted by molar-refractivity contribution is 14.1. The van der Waals surface area contributed by atoms with Crippen molar-refractivity contribution in [1.29, 1.82) is 0 Å². The van der Waals surface area contributed by atoms with Gasteiger partial charge in [-0.25, -0.2) is 7.58 Å². The van der Waals surface area contributed by atoms with Crippen molar-refractivity contribution in [2.45, 2.75) is 0 Å². The second-order valence-electron chi connectivity index (χ2n) is 2.10. The Kier molecular flexibility index (Phi) is 1.45. The van der Waals surface area contributed by atoms with Crippen LogP contribution in [0, 0.1) is 0 Å². The molecule has 0 fully saturated rings. The minimum absolute atomic E-state index is 0.117. The highest BCUT2D eigenvalue weighted by Crippen LogP contribution is 2.08. The average molecular weight is 261 g/mol. The highest BCUT2D eigenvalue weighted by Gasteiger charge is 2.01. The van der Waals surface area contributed by atoms with E-state index in [1.165, 1.54) is 2.78 Å². The Labute approximate surface area is 75.8 Å². The number of fused-ring (bicyclic) bond motifs is 1. The molecule has 0 spiro atoms. The number of halogens is 1. The molecule has 0 unspecified atom stereocenters. The van der Waals surface area contributed by atoms with Gasteiger partial charge in [0.2, 0.25) is 0 Å². The second kappa shape index (κ2) is 2.33. The summed E-state index contributed by atoms with van der Waals surface area (Å²) in [6.07, 6.45) is 3.30. The minimum atomic E-state index is -0.117. The molecule has 0 aliphatic carbocycles. The molecule has 1 N–H and O–H groups in total. The number of aromatic amines is 1. The van der Waals surface area contributed by atoms with Crippen molar-refractivity contribution in [1.82, 2.24) is 12.7 Å². The molecule has 0 radical (unpaired) electrons. The lowest BCUT2D eigenvalue weighted by Crippen LogP contribution is -2.06. The number of nitrogens with zero attached hydrogens (tertiary/aromatic N) is 2. The molecular formula is C6H4IN3O. The number of imidazole rings is 1. The molecule has 0 aliphatic rings. The SMILES string of the molecule is O=c1[nH]c2ccncc2n1I. The van der Waals surface area contributed by atoms with Crippen LogP contribution in [0.25, 0.3) is 11.0 Å². The van der Waals surface area contributed by atoms with Crippen molar-refractivity contribution >= 4 is 33.9 Å². The predicted molar refractivity (Wildman–Crippen MR) is 49.8 cm³/mol. The second-order valence-corrected chi connectivity index (χ2v) is 3.07. The number of nitrogens with one attached hydrogen (secondary N) is 1. The van der Waals surface area contributed by atoms with Gasteiger partial charge in [0.1, 0.15) is 0 Å². The molecule has 0 aliphatic heterocycles. The standard InChI is InChI=1S/C6H4IN3O/c7-10-5-3-8-2-1-4(5)9-6(10)11/h1-3H,(H,9,11). The smallest absolute Gasteiger partial charge is 0.305 e. The lowest BCUT2D eigenvalue weighted by atomic mass is 10.4. The highest BCUT2D eigenvalue weighted by atomic mass is 127. The van der Waals surface area contributed by atoms with Crippen LogP contribution in [0.4, 0.5) is 0 Å². The number of H-pyrrole nitrogens is 1. The minimum Gasteiger partial charge on any atom is -0.305 e. The summed E-state index contributed by atoms with van der Waals surface area (Å²) < 4.78 is 1.50. The number of aromatic nitrogens is 3. The van der Waals surface area contributed by atoms with Gasteiger partial charge in [0, 0.05) is 6.20 Å². The summed E-state index contributed by atoms with van der Waals surface area (Å²) in [6.45, 7) is 0. The Morgan fingerprint density at radius 2 is 2.45 bits per heavy atom. The van der Waals surface area contributed by atoms with Gasteiger partial charge >= 0.3 is 5.69 Å². The van der Waals surface area contributed by atoms with Crippen molar-refractivity contribution in [3.05, 3.63) is 28.9 Å². The molecular weight excluding hydrogens is 257 g/mol. The van der Waals surface area contributed by atoms with E-state index in [2.05, 4.69) is 9.97 Å². The number of hydrogen-bond donors (Lipinski definition) is 1. The molecule has 5 heteroatoms. The third-order valence-electron chi connectivity index (χ3n) is 1.43. The van der Waals surface area contributed by atoms with E-state index >= 15 is 0 Å². The molecule has 0 aromatic carbocycles. The molecule has 2 aromatic rings. The molecule has 0 bridgehead atoms. The average Bonchev–Trinajstić information content (AvgIpc) is 2.30. The Morgan fingerprint density at radius 1 is 1.64 bits per heavy atom. The lowest BCUT2D eigenvalue weighted by molar-refractivity contribution is 1.19.